The van der Waals surface area contributed by atoms with Crippen LogP contribution in [0.1, 0.15) is 43.7 Å². The van der Waals surface area contributed by atoms with Crippen molar-refractivity contribution >= 4 is 32.7 Å². The van der Waals surface area contributed by atoms with Gasteiger partial charge in [-0.3, -0.25) is 4.79 Å². The molecule has 1 aliphatic rings. The van der Waals surface area contributed by atoms with E-state index in [4.69, 9.17) is 4.63 Å². The summed E-state index contributed by atoms with van der Waals surface area (Å²) in [6, 6.07) is 10.8. The minimum Gasteiger partial charge on any atom is -0.325 e. The van der Waals surface area contributed by atoms with E-state index in [2.05, 4.69) is 29.5 Å². The van der Waals surface area contributed by atoms with Gasteiger partial charge in [0.15, 0.2) is 5.52 Å². The molecule has 8 nitrogen and oxygen atoms in total. The summed E-state index contributed by atoms with van der Waals surface area (Å²) in [5.74, 6) is -0.0115. The molecule has 9 heteroatoms. The first kappa shape index (κ1) is 21.5. The smallest absolute Gasteiger partial charge is 0.245 e. The van der Waals surface area contributed by atoms with E-state index in [9.17, 15) is 13.2 Å². The van der Waals surface area contributed by atoms with Crippen LogP contribution in [-0.2, 0) is 14.8 Å². The number of anilines is 1. The van der Waals surface area contributed by atoms with Crippen LogP contribution >= 0.6 is 0 Å². The molecule has 1 aliphatic heterocycles. The monoisotopic (exact) mass is 442 g/mol. The molecular weight excluding hydrogens is 416 g/mol. The van der Waals surface area contributed by atoms with Crippen LogP contribution in [0.5, 0.6) is 0 Å². The number of aromatic nitrogens is 2. The van der Waals surface area contributed by atoms with Crippen molar-refractivity contribution in [1.29, 1.82) is 0 Å². The van der Waals surface area contributed by atoms with Crippen molar-refractivity contribution in [3.8, 4) is 0 Å². The Labute approximate surface area is 181 Å². The Bertz CT molecular complexity index is 1210. The Morgan fingerprint density at radius 3 is 2.55 bits per heavy atom. The molecule has 0 bridgehead atoms. The second kappa shape index (κ2) is 8.39. The number of fused-ring (bicyclic) bond motifs is 1. The Morgan fingerprint density at radius 1 is 1.13 bits per heavy atom. The minimum absolute atomic E-state index is 0.0592. The van der Waals surface area contributed by atoms with Crippen molar-refractivity contribution in [2.24, 2.45) is 5.92 Å². The third-order valence-electron chi connectivity index (χ3n) is 5.87. The molecule has 1 saturated heterocycles. The number of carbonyl (C=O) groups excluding carboxylic acids is 1. The van der Waals surface area contributed by atoms with Gasteiger partial charge in [0.05, 0.1) is 0 Å². The van der Waals surface area contributed by atoms with Crippen LogP contribution in [0, 0.1) is 12.8 Å². The van der Waals surface area contributed by atoms with Crippen LogP contribution in [-0.4, -0.2) is 42.0 Å². The van der Waals surface area contributed by atoms with Gasteiger partial charge in [0.1, 0.15) is 10.4 Å². The summed E-state index contributed by atoms with van der Waals surface area (Å²) in [4.78, 5) is 13.0. The van der Waals surface area contributed by atoms with E-state index < -0.39 is 10.0 Å². The fourth-order valence-electron chi connectivity index (χ4n) is 4.05. The Hall–Kier alpha value is -2.78. The van der Waals surface area contributed by atoms with Gasteiger partial charge >= 0.3 is 0 Å². The Kier molecular flexibility index (Phi) is 5.81. The highest BCUT2D eigenvalue weighted by molar-refractivity contribution is 7.89. The SMILES string of the molecule is Cc1cccc(C(C)C)c1NC(=O)C1CCN(S(=O)(=O)c2cccc3nonc23)CC1. The van der Waals surface area contributed by atoms with E-state index in [1.54, 1.807) is 12.1 Å². The summed E-state index contributed by atoms with van der Waals surface area (Å²) in [7, 11) is -3.75. The highest BCUT2D eigenvalue weighted by atomic mass is 32.2. The van der Waals surface area contributed by atoms with Gasteiger partial charge in [-0.05, 0) is 59.3 Å². The molecule has 0 radical (unpaired) electrons. The van der Waals surface area contributed by atoms with E-state index in [-0.39, 0.29) is 41.2 Å². The van der Waals surface area contributed by atoms with Crippen molar-refractivity contribution < 1.29 is 17.8 Å². The van der Waals surface area contributed by atoms with Gasteiger partial charge in [0.25, 0.3) is 0 Å². The lowest BCUT2D eigenvalue weighted by Crippen LogP contribution is -2.41. The molecule has 2 aromatic carbocycles. The molecule has 1 amide bonds. The maximum absolute atomic E-state index is 13.1. The van der Waals surface area contributed by atoms with Gasteiger partial charge < -0.3 is 5.32 Å². The number of amides is 1. The van der Waals surface area contributed by atoms with Crippen molar-refractivity contribution in [2.45, 2.75) is 44.4 Å². The first-order valence-corrected chi connectivity index (χ1v) is 11.8. The number of para-hydroxylation sites is 1. The van der Waals surface area contributed by atoms with E-state index in [1.807, 2.05) is 25.1 Å². The molecule has 164 valence electrons. The number of nitrogens with one attached hydrogen (secondary N) is 1. The first-order chi connectivity index (χ1) is 14.8. The predicted molar refractivity (Wildman–Crippen MR) is 117 cm³/mol. The van der Waals surface area contributed by atoms with Crippen molar-refractivity contribution in [3.05, 3.63) is 47.5 Å². The zero-order valence-corrected chi connectivity index (χ0v) is 18.6. The molecule has 0 unspecified atom stereocenters. The van der Waals surface area contributed by atoms with E-state index in [0.29, 0.717) is 18.4 Å². The standard InChI is InChI=1S/C22H26N4O4S/c1-14(2)17-7-4-6-15(3)20(17)23-22(27)16-10-12-26(13-11-16)31(28,29)19-9-5-8-18-21(19)25-30-24-18/h4-9,14,16H,10-13H2,1-3H3,(H,23,27). The normalized spacial score (nSPS) is 16.1. The second-order valence-corrected chi connectivity index (χ2v) is 10.2. The molecule has 2 heterocycles. The van der Waals surface area contributed by atoms with Gasteiger partial charge in [-0.2, -0.15) is 4.31 Å². The maximum Gasteiger partial charge on any atom is 0.245 e. The Morgan fingerprint density at radius 2 is 1.84 bits per heavy atom. The molecule has 1 fully saturated rings. The number of hydrogen-bond donors (Lipinski definition) is 1. The quantitative estimate of drug-likeness (QED) is 0.646. The Balaban J connectivity index is 1.47. The topological polar surface area (TPSA) is 105 Å². The summed E-state index contributed by atoms with van der Waals surface area (Å²) in [6.07, 6.45) is 0.919. The molecule has 1 aromatic heterocycles. The van der Waals surface area contributed by atoms with E-state index >= 15 is 0 Å². The van der Waals surface area contributed by atoms with Gasteiger partial charge in [-0.25, -0.2) is 13.0 Å². The maximum atomic E-state index is 13.1. The number of benzene rings is 2. The van der Waals surface area contributed by atoms with Crippen molar-refractivity contribution in [2.75, 3.05) is 18.4 Å². The lowest BCUT2D eigenvalue weighted by molar-refractivity contribution is -0.120. The number of sulfonamides is 1. The fraction of sp³-hybridized carbons (Fsp3) is 0.409. The van der Waals surface area contributed by atoms with E-state index in [1.165, 1.54) is 10.4 Å². The number of rotatable bonds is 5. The number of nitrogens with zero attached hydrogens (tertiary/aromatic N) is 3. The number of hydrogen-bond acceptors (Lipinski definition) is 6. The molecule has 31 heavy (non-hydrogen) atoms. The highest BCUT2D eigenvalue weighted by Gasteiger charge is 2.34. The first-order valence-electron chi connectivity index (χ1n) is 10.4. The number of carbonyl (C=O) groups is 1. The number of piperidine rings is 1. The van der Waals surface area contributed by atoms with Crippen LogP contribution < -0.4 is 5.32 Å². The van der Waals surface area contributed by atoms with Crippen LogP contribution in [0.2, 0.25) is 0 Å². The summed E-state index contributed by atoms with van der Waals surface area (Å²) in [5, 5.41) is 10.6. The molecule has 1 N–H and O–H groups in total. The minimum atomic E-state index is -3.75. The molecule has 3 aromatic rings. The van der Waals surface area contributed by atoms with Gasteiger partial charge in [-0.15, -0.1) is 0 Å². The highest BCUT2D eigenvalue weighted by Crippen LogP contribution is 2.31. The van der Waals surface area contributed by atoms with Gasteiger partial charge in [-0.1, -0.05) is 38.1 Å². The third kappa shape index (κ3) is 4.07. The molecule has 0 atom stereocenters. The van der Waals surface area contributed by atoms with Crippen LogP contribution in [0.15, 0.2) is 45.9 Å². The third-order valence-corrected chi connectivity index (χ3v) is 7.80. The van der Waals surface area contributed by atoms with Gasteiger partial charge in [0, 0.05) is 24.7 Å². The molecular formula is C22H26N4O4S. The summed E-state index contributed by atoms with van der Waals surface area (Å²) in [5.41, 5.74) is 3.61. The predicted octanol–water partition coefficient (Wildman–Crippen LogP) is 3.69. The molecule has 0 spiro atoms. The second-order valence-electron chi connectivity index (χ2n) is 8.25. The lowest BCUT2D eigenvalue weighted by atomic mass is 9.95. The van der Waals surface area contributed by atoms with Crippen LogP contribution in [0.4, 0.5) is 5.69 Å². The average molecular weight is 443 g/mol. The molecule has 4 rings (SSSR count). The lowest BCUT2D eigenvalue weighted by Gasteiger charge is -2.31. The largest absolute Gasteiger partial charge is 0.325 e. The van der Waals surface area contributed by atoms with Crippen molar-refractivity contribution in [3.63, 3.8) is 0 Å². The average Bonchev–Trinajstić information content (AvgIpc) is 3.23. The van der Waals surface area contributed by atoms with Gasteiger partial charge in [0.2, 0.25) is 15.9 Å². The zero-order valence-electron chi connectivity index (χ0n) is 17.8. The zero-order chi connectivity index (χ0) is 22.2. The van der Waals surface area contributed by atoms with Crippen LogP contribution in [0.3, 0.4) is 0 Å². The summed E-state index contributed by atoms with van der Waals surface area (Å²) >= 11 is 0. The summed E-state index contributed by atoms with van der Waals surface area (Å²) < 4.78 is 32.4. The molecule has 0 aliphatic carbocycles. The molecule has 0 saturated carbocycles. The van der Waals surface area contributed by atoms with Crippen molar-refractivity contribution in [1.82, 2.24) is 14.6 Å². The van der Waals surface area contributed by atoms with E-state index in [0.717, 1.165) is 16.8 Å². The fourth-order valence-corrected chi connectivity index (χ4v) is 5.66. The number of aryl methyl sites for hydroxylation is 1. The summed E-state index contributed by atoms with van der Waals surface area (Å²) in [6.45, 7) is 6.72. The van der Waals surface area contributed by atoms with Crippen LogP contribution in [0.25, 0.3) is 11.0 Å².